The molecule has 0 spiro atoms. The number of hydrogen-bond acceptors (Lipinski definition) is 3. The van der Waals surface area contributed by atoms with Gasteiger partial charge in [0.15, 0.2) is 0 Å². The number of carbonyl (C=O) groups is 2. The van der Waals surface area contributed by atoms with E-state index in [1.807, 2.05) is 37.3 Å². The molecule has 1 aliphatic heterocycles. The lowest BCUT2D eigenvalue weighted by Crippen LogP contribution is -2.44. The third-order valence-electron chi connectivity index (χ3n) is 4.06. The van der Waals surface area contributed by atoms with Crippen LogP contribution in [0.5, 0.6) is 0 Å². The Hall–Kier alpha value is -1.84. The number of hydrogen-bond donors (Lipinski definition) is 0. The third kappa shape index (κ3) is 4.86. The second-order valence-electron chi connectivity index (χ2n) is 5.88. The Morgan fingerprint density at radius 1 is 1.23 bits per heavy atom. The molecule has 1 amide bonds. The van der Waals surface area contributed by atoms with Gasteiger partial charge in [-0.15, -0.1) is 0 Å². The number of amides is 1. The summed E-state index contributed by atoms with van der Waals surface area (Å²) in [6, 6.07) is 9.67. The van der Waals surface area contributed by atoms with E-state index < -0.39 is 0 Å². The fourth-order valence-corrected chi connectivity index (χ4v) is 2.90. The van der Waals surface area contributed by atoms with Gasteiger partial charge in [-0.25, -0.2) is 4.79 Å². The first kappa shape index (κ1) is 16.5. The average Bonchev–Trinajstić information content (AvgIpc) is 2.54. The summed E-state index contributed by atoms with van der Waals surface area (Å²) in [5, 5.41) is 0. The van der Waals surface area contributed by atoms with Gasteiger partial charge in [-0.2, -0.15) is 0 Å². The molecule has 1 atom stereocenters. The number of rotatable bonds is 6. The molecule has 120 valence electrons. The van der Waals surface area contributed by atoms with Crippen LogP contribution in [0.4, 0.5) is 4.79 Å². The van der Waals surface area contributed by atoms with E-state index >= 15 is 0 Å². The Kier molecular flexibility index (Phi) is 6.44. The SMILES string of the molecule is CCCC(=O)C[C@@H]1CCCCN1C(=O)OCc1ccccc1. The zero-order valence-electron chi connectivity index (χ0n) is 13.3. The molecule has 4 nitrogen and oxygen atoms in total. The van der Waals surface area contributed by atoms with Crippen LogP contribution in [-0.2, 0) is 16.1 Å². The van der Waals surface area contributed by atoms with Gasteiger partial charge in [-0.1, -0.05) is 37.3 Å². The van der Waals surface area contributed by atoms with Crippen molar-refractivity contribution < 1.29 is 14.3 Å². The quantitative estimate of drug-likeness (QED) is 0.799. The molecule has 4 heteroatoms. The highest BCUT2D eigenvalue weighted by molar-refractivity contribution is 5.79. The molecule has 1 saturated heterocycles. The number of ether oxygens (including phenoxy) is 1. The van der Waals surface area contributed by atoms with Crippen molar-refractivity contribution in [3.8, 4) is 0 Å². The average molecular weight is 303 g/mol. The largest absolute Gasteiger partial charge is 0.445 e. The molecule has 1 fully saturated rings. The van der Waals surface area contributed by atoms with Crippen LogP contribution < -0.4 is 0 Å². The van der Waals surface area contributed by atoms with Crippen LogP contribution in [0.2, 0.25) is 0 Å². The highest BCUT2D eigenvalue weighted by Crippen LogP contribution is 2.22. The number of carbonyl (C=O) groups excluding carboxylic acids is 2. The first-order valence-corrected chi connectivity index (χ1v) is 8.19. The monoisotopic (exact) mass is 303 g/mol. The maximum absolute atomic E-state index is 12.3. The molecule has 1 aromatic rings. The zero-order valence-corrected chi connectivity index (χ0v) is 13.3. The Morgan fingerprint density at radius 2 is 2.00 bits per heavy atom. The van der Waals surface area contributed by atoms with Gasteiger partial charge in [0, 0.05) is 25.4 Å². The maximum atomic E-state index is 12.3. The van der Waals surface area contributed by atoms with Crippen molar-refractivity contribution >= 4 is 11.9 Å². The van der Waals surface area contributed by atoms with Crippen LogP contribution in [0, 0.1) is 0 Å². The van der Waals surface area contributed by atoms with Crippen molar-refractivity contribution in [2.75, 3.05) is 6.54 Å². The van der Waals surface area contributed by atoms with Crippen LogP contribution >= 0.6 is 0 Å². The molecular weight excluding hydrogens is 278 g/mol. The van der Waals surface area contributed by atoms with Crippen molar-refractivity contribution in [3.05, 3.63) is 35.9 Å². The number of Topliss-reactive ketones (excluding diaryl/α,β-unsaturated/α-hetero) is 1. The van der Waals surface area contributed by atoms with E-state index in [2.05, 4.69) is 0 Å². The molecule has 0 aromatic heterocycles. The summed E-state index contributed by atoms with van der Waals surface area (Å²) in [5.74, 6) is 0.246. The predicted molar refractivity (Wildman–Crippen MR) is 85.5 cm³/mol. The Morgan fingerprint density at radius 3 is 2.73 bits per heavy atom. The van der Waals surface area contributed by atoms with Crippen molar-refractivity contribution in [1.29, 1.82) is 0 Å². The summed E-state index contributed by atoms with van der Waals surface area (Å²) in [7, 11) is 0. The fraction of sp³-hybridized carbons (Fsp3) is 0.556. The van der Waals surface area contributed by atoms with Crippen LogP contribution in [0.3, 0.4) is 0 Å². The highest BCUT2D eigenvalue weighted by Gasteiger charge is 2.29. The van der Waals surface area contributed by atoms with Gasteiger partial charge in [0.25, 0.3) is 0 Å². The zero-order chi connectivity index (χ0) is 15.8. The van der Waals surface area contributed by atoms with Crippen molar-refractivity contribution in [3.63, 3.8) is 0 Å². The standard InChI is InChI=1S/C18H25NO3/c1-2-8-17(20)13-16-11-6-7-12-19(16)18(21)22-14-15-9-4-3-5-10-15/h3-5,9-10,16H,2,6-8,11-14H2,1H3/t16-/m0/s1. The normalized spacial score (nSPS) is 18.0. The summed E-state index contributed by atoms with van der Waals surface area (Å²) in [5.41, 5.74) is 0.978. The maximum Gasteiger partial charge on any atom is 0.410 e. The van der Waals surface area contributed by atoms with Gasteiger partial charge >= 0.3 is 6.09 Å². The first-order valence-electron chi connectivity index (χ1n) is 8.19. The number of piperidine rings is 1. The van der Waals surface area contributed by atoms with Crippen molar-refractivity contribution in [2.24, 2.45) is 0 Å². The molecule has 0 aliphatic carbocycles. The second-order valence-corrected chi connectivity index (χ2v) is 5.88. The van der Waals surface area contributed by atoms with E-state index in [0.29, 0.717) is 19.4 Å². The topological polar surface area (TPSA) is 46.6 Å². The molecule has 0 N–H and O–H groups in total. The molecule has 22 heavy (non-hydrogen) atoms. The smallest absolute Gasteiger partial charge is 0.410 e. The Balaban J connectivity index is 1.89. The lowest BCUT2D eigenvalue weighted by Gasteiger charge is -2.34. The summed E-state index contributed by atoms with van der Waals surface area (Å²) < 4.78 is 5.42. The fourth-order valence-electron chi connectivity index (χ4n) is 2.90. The van der Waals surface area contributed by atoms with Crippen LogP contribution in [0.25, 0.3) is 0 Å². The van der Waals surface area contributed by atoms with E-state index in [1.165, 1.54) is 0 Å². The molecule has 0 unspecified atom stereocenters. The predicted octanol–water partition coefficient (Wildman–Crippen LogP) is 3.94. The highest BCUT2D eigenvalue weighted by atomic mass is 16.6. The summed E-state index contributed by atoms with van der Waals surface area (Å²) in [4.78, 5) is 25.9. The molecule has 0 radical (unpaired) electrons. The molecule has 1 aromatic carbocycles. The molecule has 2 rings (SSSR count). The molecule has 1 heterocycles. The van der Waals surface area contributed by atoms with Gasteiger partial charge < -0.3 is 9.64 Å². The van der Waals surface area contributed by atoms with Gasteiger partial charge in [0.1, 0.15) is 12.4 Å². The second kappa shape index (κ2) is 8.57. The van der Waals surface area contributed by atoms with Gasteiger partial charge in [0.05, 0.1) is 0 Å². The Bertz CT molecular complexity index is 486. The minimum absolute atomic E-state index is 0.0103. The molecule has 0 saturated carbocycles. The van der Waals surface area contributed by atoms with E-state index in [9.17, 15) is 9.59 Å². The summed E-state index contributed by atoms with van der Waals surface area (Å²) in [6.07, 6.45) is 4.60. The van der Waals surface area contributed by atoms with Gasteiger partial charge in [-0.05, 0) is 31.2 Å². The third-order valence-corrected chi connectivity index (χ3v) is 4.06. The van der Waals surface area contributed by atoms with Crippen LogP contribution in [-0.4, -0.2) is 29.4 Å². The lowest BCUT2D eigenvalue weighted by molar-refractivity contribution is -0.120. The summed E-state index contributed by atoms with van der Waals surface area (Å²) >= 11 is 0. The van der Waals surface area contributed by atoms with Crippen molar-refractivity contribution in [2.45, 2.75) is 58.1 Å². The van der Waals surface area contributed by atoms with Crippen LogP contribution in [0.1, 0.15) is 51.0 Å². The summed E-state index contributed by atoms with van der Waals surface area (Å²) in [6.45, 7) is 2.98. The van der Waals surface area contributed by atoms with Gasteiger partial charge in [-0.3, -0.25) is 4.79 Å². The minimum Gasteiger partial charge on any atom is -0.445 e. The lowest BCUT2D eigenvalue weighted by atomic mass is 9.96. The van der Waals surface area contributed by atoms with E-state index in [1.54, 1.807) is 4.90 Å². The van der Waals surface area contributed by atoms with E-state index in [4.69, 9.17) is 4.74 Å². The number of ketones is 1. The number of benzene rings is 1. The Labute approximate surface area is 132 Å². The van der Waals surface area contributed by atoms with E-state index in [-0.39, 0.29) is 24.5 Å². The number of likely N-dealkylation sites (tertiary alicyclic amines) is 1. The first-order chi connectivity index (χ1) is 10.7. The molecule has 1 aliphatic rings. The molecule has 0 bridgehead atoms. The van der Waals surface area contributed by atoms with Gasteiger partial charge in [0.2, 0.25) is 0 Å². The van der Waals surface area contributed by atoms with E-state index in [0.717, 1.165) is 31.2 Å². The van der Waals surface area contributed by atoms with Crippen molar-refractivity contribution in [1.82, 2.24) is 4.90 Å². The number of nitrogens with zero attached hydrogens (tertiary/aromatic N) is 1. The molecular formula is C18H25NO3. The van der Waals surface area contributed by atoms with Crippen LogP contribution in [0.15, 0.2) is 30.3 Å². The minimum atomic E-state index is -0.294.